The summed E-state index contributed by atoms with van der Waals surface area (Å²) in [5.41, 5.74) is 4.98. The van der Waals surface area contributed by atoms with Crippen LogP contribution in [0, 0.1) is 18.8 Å². The van der Waals surface area contributed by atoms with Crippen molar-refractivity contribution in [3.8, 4) is 11.5 Å². The molecule has 0 aliphatic heterocycles. The maximum Gasteiger partial charge on any atom is 0.281 e. The molecule has 7 heteroatoms. The molecule has 0 saturated heterocycles. The summed E-state index contributed by atoms with van der Waals surface area (Å²) in [6.07, 6.45) is 3.09. The van der Waals surface area contributed by atoms with Gasteiger partial charge in [0, 0.05) is 5.41 Å². The summed E-state index contributed by atoms with van der Waals surface area (Å²) in [4.78, 5) is 22.7. The summed E-state index contributed by atoms with van der Waals surface area (Å²) in [6.45, 7) is 12.3. The van der Waals surface area contributed by atoms with Gasteiger partial charge in [-0.25, -0.2) is 5.48 Å². The highest BCUT2D eigenvalue weighted by atomic mass is 16.5. The summed E-state index contributed by atoms with van der Waals surface area (Å²) in [6, 6.07) is 12.3. The zero-order valence-corrected chi connectivity index (χ0v) is 21.2. The lowest BCUT2D eigenvalue weighted by Gasteiger charge is -2.34. The number of hydrogen-bond donors (Lipinski definition) is 2. The van der Waals surface area contributed by atoms with Crippen LogP contribution in [0.2, 0.25) is 0 Å². The van der Waals surface area contributed by atoms with Crippen molar-refractivity contribution in [1.29, 1.82) is 0 Å². The van der Waals surface area contributed by atoms with Crippen molar-refractivity contribution in [3.05, 3.63) is 63.6 Å². The number of carbonyl (C=O) groups excluding carboxylic acids is 1. The Balaban J connectivity index is 2.35. The van der Waals surface area contributed by atoms with Gasteiger partial charge in [-0.3, -0.25) is 10.0 Å². The third kappa shape index (κ3) is 5.76. The topological polar surface area (TPSA) is 97.2 Å². The normalized spacial score (nSPS) is 11.7. The lowest BCUT2D eigenvalue weighted by Crippen LogP contribution is -2.32. The van der Waals surface area contributed by atoms with Gasteiger partial charge < -0.3 is 9.47 Å². The lowest BCUT2D eigenvalue weighted by atomic mass is 9.70. The van der Waals surface area contributed by atoms with E-state index in [1.165, 1.54) is 11.1 Å². The summed E-state index contributed by atoms with van der Waals surface area (Å²) >= 11 is 0. The number of nitrogens with one attached hydrogen (secondary N) is 1. The first-order valence-corrected chi connectivity index (χ1v) is 12.0. The molecule has 34 heavy (non-hydrogen) atoms. The van der Waals surface area contributed by atoms with E-state index in [0.29, 0.717) is 18.6 Å². The van der Waals surface area contributed by atoms with Crippen molar-refractivity contribution in [2.75, 3.05) is 13.2 Å². The maximum atomic E-state index is 11.4. The predicted octanol–water partition coefficient (Wildman–Crippen LogP) is 6.00. The molecule has 0 unspecified atom stereocenters. The van der Waals surface area contributed by atoms with E-state index in [1.807, 2.05) is 45.9 Å². The van der Waals surface area contributed by atoms with Crippen LogP contribution in [0.5, 0.6) is 11.5 Å². The van der Waals surface area contributed by atoms with E-state index >= 15 is 0 Å². The minimum absolute atomic E-state index is 0.198. The van der Waals surface area contributed by atoms with E-state index < -0.39 is 11.4 Å². The molecule has 186 valence electrons. The molecular formula is C27H38N2O5. The van der Waals surface area contributed by atoms with Gasteiger partial charge in [0.1, 0.15) is 23.6 Å². The summed E-state index contributed by atoms with van der Waals surface area (Å²) in [5.74, 6) is 0.770. The van der Waals surface area contributed by atoms with Gasteiger partial charge in [-0.1, -0.05) is 57.1 Å². The molecular weight excluding hydrogens is 432 g/mol. The summed E-state index contributed by atoms with van der Waals surface area (Å²) in [7, 11) is 0. The minimum atomic E-state index is -0.694. The number of benzene rings is 2. The standard InChI is InChI=1S/C27H38N2O5/c1-7-26(8-2,29-32)18-34-24-14-12-22(16-20(24)6)27(9-3,10-4)21-11-13-23(19(5)15-21)33-17-25(30)28-31/h11-16,31H,7-10,17-18H2,1-6H3,(H,28,30). The second-order valence-corrected chi connectivity index (χ2v) is 8.88. The van der Waals surface area contributed by atoms with Gasteiger partial charge in [0.2, 0.25) is 0 Å². The first kappa shape index (κ1) is 27.3. The molecule has 0 atom stereocenters. The van der Waals surface area contributed by atoms with Crippen LogP contribution < -0.4 is 15.0 Å². The van der Waals surface area contributed by atoms with Crippen LogP contribution in [0.15, 0.2) is 41.6 Å². The maximum absolute atomic E-state index is 11.4. The Hall–Kier alpha value is -2.93. The van der Waals surface area contributed by atoms with Crippen molar-refractivity contribution >= 4 is 5.91 Å². The highest BCUT2D eigenvalue weighted by molar-refractivity contribution is 5.76. The quantitative estimate of drug-likeness (QED) is 0.213. The van der Waals surface area contributed by atoms with Crippen LogP contribution in [0.25, 0.3) is 0 Å². The van der Waals surface area contributed by atoms with Gasteiger partial charge in [0.25, 0.3) is 5.91 Å². The number of aryl methyl sites for hydroxylation is 2. The van der Waals surface area contributed by atoms with Crippen LogP contribution in [0.1, 0.15) is 75.6 Å². The molecule has 0 saturated carbocycles. The van der Waals surface area contributed by atoms with E-state index in [1.54, 1.807) is 5.48 Å². The first-order valence-electron chi connectivity index (χ1n) is 12.0. The number of hydrogen-bond acceptors (Lipinski definition) is 6. The smallest absolute Gasteiger partial charge is 0.281 e. The summed E-state index contributed by atoms with van der Waals surface area (Å²) in [5, 5.41) is 12.0. The largest absolute Gasteiger partial charge is 0.491 e. The van der Waals surface area contributed by atoms with Gasteiger partial charge in [-0.05, 0) is 73.9 Å². The third-order valence-electron chi connectivity index (χ3n) is 7.15. The Labute approximate surface area is 202 Å². The van der Waals surface area contributed by atoms with E-state index in [4.69, 9.17) is 14.7 Å². The molecule has 2 aromatic rings. The number of nitrogens with zero attached hydrogens (tertiary/aromatic N) is 1. The Kier molecular flexibility index (Phi) is 9.62. The molecule has 0 aliphatic rings. The lowest BCUT2D eigenvalue weighted by molar-refractivity contribution is -0.131. The monoisotopic (exact) mass is 470 g/mol. The van der Waals surface area contributed by atoms with Gasteiger partial charge in [0.15, 0.2) is 6.61 Å². The van der Waals surface area contributed by atoms with E-state index in [2.05, 4.69) is 37.2 Å². The van der Waals surface area contributed by atoms with Gasteiger partial charge in [-0.2, -0.15) is 4.91 Å². The van der Waals surface area contributed by atoms with Crippen molar-refractivity contribution in [2.24, 2.45) is 5.18 Å². The Morgan fingerprint density at radius 1 is 0.882 bits per heavy atom. The molecule has 0 aliphatic carbocycles. The van der Waals surface area contributed by atoms with Gasteiger partial charge in [-0.15, -0.1) is 0 Å². The predicted molar refractivity (Wildman–Crippen MR) is 134 cm³/mol. The number of ether oxygens (including phenoxy) is 2. The highest BCUT2D eigenvalue weighted by Crippen LogP contribution is 2.41. The SMILES string of the molecule is CCC(CC)(COc1ccc(C(CC)(CC)c2ccc(OCC(=O)NO)c(C)c2)cc1C)N=O. The highest BCUT2D eigenvalue weighted by Gasteiger charge is 2.32. The number of rotatable bonds is 13. The van der Waals surface area contributed by atoms with E-state index in [9.17, 15) is 9.70 Å². The number of carbonyl (C=O) groups is 1. The van der Waals surface area contributed by atoms with Crippen molar-refractivity contribution < 1.29 is 19.5 Å². The fourth-order valence-electron chi connectivity index (χ4n) is 4.45. The number of nitroso groups, excluding NO2 is 1. The third-order valence-corrected chi connectivity index (χ3v) is 7.15. The van der Waals surface area contributed by atoms with Crippen LogP contribution in [0.3, 0.4) is 0 Å². The molecule has 0 aromatic heterocycles. The van der Waals surface area contributed by atoms with Gasteiger partial charge >= 0.3 is 0 Å². The fourth-order valence-corrected chi connectivity index (χ4v) is 4.45. The van der Waals surface area contributed by atoms with Gasteiger partial charge in [0.05, 0.1) is 0 Å². The molecule has 0 spiro atoms. The molecule has 2 aromatic carbocycles. The average Bonchev–Trinajstić information content (AvgIpc) is 2.86. The summed E-state index contributed by atoms with van der Waals surface area (Å²) < 4.78 is 11.6. The van der Waals surface area contributed by atoms with Crippen molar-refractivity contribution in [3.63, 3.8) is 0 Å². The number of amides is 1. The molecule has 0 radical (unpaired) electrons. The molecule has 0 fully saturated rings. The molecule has 2 N–H and O–H groups in total. The Bertz CT molecular complexity index is 981. The zero-order chi connectivity index (χ0) is 25.4. The molecule has 7 nitrogen and oxygen atoms in total. The molecule has 0 bridgehead atoms. The molecule has 0 heterocycles. The first-order chi connectivity index (χ1) is 16.2. The second-order valence-electron chi connectivity index (χ2n) is 8.88. The van der Waals surface area contributed by atoms with Crippen LogP contribution in [0.4, 0.5) is 0 Å². The zero-order valence-electron chi connectivity index (χ0n) is 21.2. The second kappa shape index (κ2) is 12.0. The molecule has 2 rings (SSSR count). The van der Waals surface area contributed by atoms with Crippen molar-refractivity contribution in [1.82, 2.24) is 5.48 Å². The van der Waals surface area contributed by atoms with E-state index in [0.717, 1.165) is 29.7 Å². The molecule has 1 amide bonds. The van der Waals surface area contributed by atoms with Crippen molar-refractivity contribution in [2.45, 2.75) is 78.2 Å². The Morgan fingerprint density at radius 2 is 1.38 bits per heavy atom. The van der Waals surface area contributed by atoms with E-state index in [-0.39, 0.29) is 18.6 Å². The average molecular weight is 471 g/mol. The van der Waals surface area contributed by atoms with Crippen LogP contribution in [-0.4, -0.2) is 29.9 Å². The number of hydroxylamine groups is 1. The minimum Gasteiger partial charge on any atom is -0.491 e. The van der Waals surface area contributed by atoms with Crippen LogP contribution >= 0.6 is 0 Å². The fraction of sp³-hybridized carbons (Fsp3) is 0.519. The Morgan fingerprint density at radius 3 is 1.76 bits per heavy atom. The van der Waals surface area contributed by atoms with Crippen LogP contribution in [-0.2, 0) is 10.2 Å².